The molecular formula is C10H14N2O4. The Morgan fingerprint density at radius 2 is 2.06 bits per heavy atom. The Morgan fingerprint density at radius 3 is 2.62 bits per heavy atom. The van der Waals surface area contributed by atoms with Crippen LogP contribution in [0.1, 0.15) is 19.3 Å². The summed E-state index contributed by atoms with van der Waals surface area (Å²) in [5, 5.41) is 1.26. The van der Waals surface area contributed by atoms with Crippen LogP contribution >= 0.6 is 0 Å². The molecule has 0 aromatic rings. The number of ether oxygens (including phenoxy) is 1. The normalized spacial score (nSPS) is 24.9. The Morgan fingerprint density at radius 1 is 1.38 bits per heavy atom. The number of carbonyl (C=O) groups excluding carboxylic acids is 3. The standard InChI is InChI=1S/C10H14N2O4/c1-16-10(15)7-4-8(13)11-12(5-7)9(14)6-2-3-6/h6-7H,2-5H2,1H3,(H,11,13). The van der Waals surface area contributed by atoms with Crippen LogP contribution in [0.3, 0.4) is 0 Å². The van der Waals surface area contributed by atoms with Crippen LogP contribution in [0.15, 0.2) is 0 Å². The van der Waals surface area contributed by atoms with Gasteiger partial charge in [0, 0.05) is 12.3 Å². The molecule has 1 saturated heterocycles. The molecule has 6 heteroatoms. The molecule has 0 bridgehead atoms. The first-order valence-corrected chi connectivity index (χ1v) is 5.30. The fourth-order valence-electron chi connectivity index (χ4n) is 1.77. The minimum absolute atomic E-state index is 0.0247. The fourth-order valence-corrected chi connectivity index (χ4v) is 1.77. The van der Waals surface area contributed by atoms with E-state index in [1.807, 2.05) is 0 Å². The first-order chi connectivity index (χ1) is 7.61. The first kappa shape index (κ1) is 10.9. The van der Waals surface area contributed by atoms with E-state index in [9.17, 15) is 14.4 Å². The van der Waals surface area contributed by atoms with Crippen LogP contribution < -0.4 is 5.43 Å². The van der Waals surface area contributed by atoms with Gasteiger partial charge in [0.1, 0.15) is 0 Å². The molecule has 6 nitrogen and oxygen atoms in total. The summed E-state index contributed by atoms with van der Waals surface area (Å²) in [5.74, 6) is -1.36. The van der Waals surface area contributed by atoms with Gasteiger partial charge in [-0.25, -0.2) is 0 Å². The first-order valence-electron chi connectivity index (χ1n) is 5.30. The summed E-state index contributed by atoms with van der Waals surface area (Å²) < 4.78 is 4.59. The number of hydrogen-bond donors (Lipinski definition) is 1. The molecule has 0 radical (unpaired) electrons. The van der Waals surface area contributed by atoms with Crippen molar-refractivity contribution >= 4 is 17.8 Å². The Labute approximate surface area is 92.9 Å². The molecule has 0 spiro atoms. The number of esters is 1. The number of hydrazine groups is 1. The number of nitrogens with one attached hydrogen (secondary N) is 1. The molecule has 2 rings (SSSR count). The molecule has 1 heterocycles. The number of amides is 2. The lowest BCUT2D eigenvalue weighted by atomic mass is 10.0. The highest BCUT2D eigenvalue weighted by Crippen LogP contribution is 2.31. The summed E-state index contributed by atoms with van der Waals surface area (Å²) in [7, 11) is 1.28. The summed E-state index contributed by atoms with van der Waals surface area (Å²) >= 11 is 0. The smallest absolute Gasteiger partial charge is 0.311 e. The summed E-state index contributed by atoms with van der Waals surface area (Å²) in [6, 6.07) is 0. The van der Waals surface area contributed by atoms with Crippen molar-refractivity contribution in [3.63, 3.8) is 0 Å². The molecular weight excluding hydrogens is 212 g/mol. The van der Waals surface area contributed by atoms with Crippen molar-refractivity contribution in [3.05, 3.63) is 0 Å². The van der Waals surface area contributed by atoms with Crippen LogP contribution in [0.25, 0.3) is 0 Å². The van der Waals surface area contributed by atoms with Crippen molar-refractivity contribution in [1.82, 2.24) is 10.4 Å². The third-order valence-electron chi connectivity index (χ3n) is 2.82. The van der Waals surface area contributed by atoms with E-state index in [2.05, 4.69) is 10.2 Å². The van der Waals surface area contributed by atoms with Crippen LogP contribution in [-0.4, -0.2) is 36.4 Å². The lowest BCUT2D eigenvalue weighted by molar-refractivity contribution is -0.157. The topological polar surface area (TPSA) is 75.7 Å². The van der Waals surface area contributed by atoms with Crippen molar-refractivity contribution in [2.75, 3.05) is 13.7 Å². The van der Waals surface area contributed by atoms with Gasteiger partial charge in [-0.05, 0) is 12.8 Å². The van der Waals surface area contributed by atoms with Gasteiger partial charge in [0.25, 0.3) is 0 Å². The third-order valence-corrected chi connectivity index (χ3v) is 2.82. The molecule has 1 unspecified atom stereocenters. The molecule has 16 heavy (non-hydrogen) atoms. The van der Waals surface area contributed by atoms with Gasteiger partial charge < -0.3 is 4.74 Å². The van der Waals surface area contributed by atoms with E-state index >= 15 is 0 Å². The average Bonchev–Trinajstić information content (AvgIpc) is 3.10. The molecule has 1 saturated carbocycles. The van der Waals surface area contributed by atoms with Gasteiger partial charge in [-0.3, -0.25) is 24.8 Å². The minimum atomic E-state index is -0.540. The van der Waals surface area contributed by atoms with Gasteiger partial charge in [0.15, 0.2) is 0 Å². The van der Waals surface area contributed by atoms with Gasteiger partial charge in [-0.1, -0.05) is 0 Å². The van der Waals surface area contributed by atoms with Gasteiger partial charge in [-0.2, -0.15) is 0 Å². The summed E-state index contributed by atoms with van der Waals surface area (Å²) in [4.78, 5) is 34.4. The second-order valence-corrected chi connectivity index (χ2v) is 4.18. The lowest BCUT2D eigenvalue weighted by Crippen LogP contribution is -2.55. The Hall–Kier alpha value is -1.59. The molecule has 1 aliphatic heterocycles. The maximum absolute atomic E-state index is 11.7. The van der Waals surface area contributed by atoms with Crippen molar-refractivity contribution in [3.8, 4) is 0 Å². The van der Waals surface area contributed by atoms with E-state index in [-0.39, 0.29) is 30.7 Å². The summed E-state index contributed by atoms with van der Waals surface area (Å²) in [6.45, 7) is 0.216. The van der Waals surface area contributed by atoms with Crippen molar-refractivity contribution in [2.24, 2.45) is 11.8 Å². The largest absolute Gasteiger partial charge is 0.469 e. The van der Waals surface area contributed by atoms with E-state index in [1.165, 1.54) is 12.1 Å². The molecule has 2 aliphatic rings. The Bertz CT molecular complexity index is 338. The second-order valence-electron chi connectivity index (χ2n) is 4.18. The van der Waals surface area contributed by atoms with Gasteiger partial charge >= 0.3 is 5.97 Å². The van der Waals surface area contributed by atoms with Crippen molar-refractivity contribution in [2.45, 2.75) is 19.3 Å². The maximum atomic E-state index is 11.7. The highest BCUT2D eigenvalue weighted by molar-refractivity contribution is 5.89. The molecule has 1 aliphatic carbocycles. The zero-order chi connectivity index (χ0) is 11.7. The predicted molar refractivity (Wildman–Crippen MR) is 52.7 cm³/mol. The molecule has 1 atom stereocenters. The molecule has 1 N–H and O–H groups in total. The SMILES string of the molecule is COC(=O)C1CC(=O)NN(C(=O)C2CC2)C1. The van der Waals surface area contributed by atoms with Gasteiger partial charge in [-0.15, -0.1) is 0 Å². The summed E-state index contributed by atoms with van der Waals surface area (Å²) in [6.07, 6.45) is 1.82. The monoisotopic (exact) mass is 226 g/mol. The van der Waals surface area contributed by atoms with Crippen LogP contribution in [0.4, 0.5) is 0 Å². The van der Waals surface area contributed by atoms with Crippen molar-refractivity contribution in [1.29, 1.82) is 0 Å². The Kier molecular flexibility index (Phi) is 2.80. The molecule has 2 amide bonds. The summed E-state index contributed by atoms with van der Waals surface area (Å²) in [5.41, 5.74) is 2.48. The number of carbonyl (C=O) groups is 3. The molecule has 0 aromatic heterocycles. The van der Waals surface area contributed by atoms with E-state index in [1.54, 1.807) is 0 Å². The number of nitrogens with zero attached hydrogens (tertiary/aromatic N) is 1. The van der Waals surface area contributed by atoms with E-state index in [0.29, 0.717) is 0 Å². The molecule has 0 aromatic carbocycles. The van der Waals surface area contributed by atoms with Crippen LogP contribution in [0.2, 0.25) is 0 Å². The Balaban J connectivity index is 2.01. The number of methoxy groups -OCH3 is 1. The van der Waals surface area contributed by atoms with Crippen LogP contribution in [0, 0.1) is 11.8 Å². The maximum Gasteiger partial charge on any atom is 0.311 e. The zero-order valence-corrected chi connectivity index (χ0v) is 9.06. The van der Waals surface area contributed by atoms with Crippen LogP contribution in [-0.2, 0) is 19.1 Å². The lowest BCUT2D eigenvalue weighted by Gasteiger charge is -2.31. The average molecular weight is 226 g/mol. The second kappa shape index (κ2) is 4.11. The van der Waals surface area contributed by atoms with Gasteiger partial charge in [0.2, 0.25) is 11.8 Å². The fraction of sp³-hybridized carbons (Fsp3) is 0.700. The minimum Gasteiger partial charge on any atom is -0.469 e. The third kappa shape index (κ3) is 2.15. The highest BCUT2D eigenvalue weighted by Gasteiger charge is 2.39. The quantitative estimate of drug-likeness (QED) is 0.641. The number of rotatable bonds is 2. The van der Waals surface area contributed by atoms with Crippen LogP contribution in [0.5, 0.6) is 0 Å². The predicted octanol–water partition coefficient (Wildman–Crippen LogP) is -0.551. The highest BCUT2D eigenvalue weighted by atomic mass is 16.5. The van der Waals surface area contributed by atoms with E-state index in [4.69, 9.17) is 0 Å². The van der Waals surface area contributed by atoms with Crippen molar-refractivity contribution < 1.29 is 19.1 Å². The molecule has 88 valence electrons. The van der Waals surface area contributed by atoms with E-state index in [0.717, 1.165) is 12.8 Å². The van der Waals surface area contributed by atoms with E-state index < -0.39 is 11.9 Å². The zero-order valence-electron chi connectivity index (χ0n) is 9.06. The number of hydrogen-bond acceptors (Lipinski definition) is 4. The molecule has 2 fully saturated rings. The van der Waals surface area contributed by atoms with Gasteiger partial charge in [0.05, 0.1) is 19.6 Å².